The van der Waals surface area contributed by atoms with Crippen LogP contribution in [-0.4, -0.2) is 9.97 Å². The van der Waals surface area contributed by atoms with E-state index in [0.29, 0.717) is 11.6 Å². The number of nitrogen functional groups attached to an aromatic ring is 1. The summed E-state index contributed by atoms with van der Waals surface area (Å²) < 4.78 is 0. The molecule has 0 aliphatic carbocycles. The maximum Gasteiger partial charge on any atom is 0.131 e. The van der Waals surface area contributed by atoms with Crippen molar-refractivity contribution in [3.63, 3.8) is 0 Å². The predicted octanol–water partition coefficient (Wildman–Crippen LogP) is 2.89. The molecule has 2 rings (SSSR count). The highest BCUT2D eigenvalue weighted by Crippen LogP contribution is 2.20. The molecule has 0 aliphatic heterocycles. The summed E-state index contributed by atoms with van der Waals surface area (Å²) in [4.78, 5) is 7.93. The van der Waals surface area contributed by atoms with Crippen LogP contribution in [-0.2, 0) is 0 Å². The molecule has 4 nitrogen and oxygen atoms in total. The number of nitrogens with one attached hydrogen (secondary N) is 1. The molecule has 17 heavy (non-hydrogen) atoms. The summed E-state index contributed by atoms with van der Waals surface area (Å²) in [5.74, 6) is 1.16. The summed E-state index contributed by atoms with van der Waals surface area (Å²) in [5.41, 5.74) is 6.72. The van der Waals surface area contributed by atoms with Crippen molar-refractivity contribution in [3.05, 3.63) is 47.2 Å². The van der Waals surface area contributed by atoms with Crippen LogP contribution in [0.4, 0.5) is 11.6 Å². The van der Waals surface area contributed by atoms with E-state index in [4.69, 9.17) is 17.3 Å². The Labute approximate surface area is 105 Å². The number of hydrogen-bond acceptors (Lipinski definition) is 4. The summed E-state index contributed by atoms with van der Waals surface area (Å²) in [6.07, 6.45) is 1.44. The lowest BCUT2D eigenvalue weighted by molar-refractivity contribution is 0.872. The van der Waals surface area contributed by atoms with Crippen LogP contribution in [0.5, 0.6) is 0 Å². The molecule has 0 bridgehead atoms. The molecule has 2 aromatic rings. The number of nitrogens with two attached hydrogens (primary N) is 1. The van der Waals surface area contributed by atoms with E-state index in [-0.39, 0.29) is 6.04 Å². The van der Waals surface area contributed by atoms with Crippen LogP contribution in [0.3, 0.4) is 0 Å². The first-order chi connectivity index (χ1) is 8.15. The van der Waals surface area contributed by atoms with Crippen LogP contribution < -0.4 is 11.1 Å². The van der Waals surface area contributed by atoms with Gasteiger partial charge < -0.3 is 11.1 Å². The van der Waals surface area contributed by atoms with Crippen molar-refractivity contribution in [1.29, 1.82) is 0 Å². The Balaban J connectivity index is 2.11. The first kappa shape index (κ1) is 11.7. The fourth-order valence-corrected chi connectivity index (χ4v) is 1.63. The van der Waals surface area contributed by atoms with Gasteiger partial charge in [-0.1, -0.05) is 23.7 Å². The lowest BCUT2D eigenvalue weighted by Gasteiger charge is -2.14. The van der Waals surface area contributed by atoms with Gasteiger partial charge in [0.1, 0.15) is 18.0 Å². The second-order valence-corrected chi connectivity index (χ2v) is 4.18. The van der Waals surface area contributed by atoms with Crippen molar-refractivity contribution in [3.8, 4) is 0 Å². The van der Waals surface area contributed by atoms with Gasteiger partial charge >= 0.3 is 0 Å². The molecule has 1 atom stereocenters. The summed E-state index contributed by atoms with van der Waals surface area (Å²) in [6.45, 7) is 2.04. The molecule has 0 amide bonds. The minimum absolute atomic E-state index is 0.126. The molecule has 5 heteroatoms. The van der Waals surface area contributed by atoms with Crippen molar-refractivity contribution in [2.75, 3.05) is 11.1 Å². The molecule has 0 radical (unpaired) electrons. The van der Waals surface area contributed by atoms with Crippen molar-refractivity contribution in [2.24, 2.45) is 0 Å². The van der Waals surface area contributed by atoms with E-state index < -0.39 is 0 Å². The average Bonchev–Trinajstić information content (AvgIpc) is 2.29. The number of nitrogens with zero attached hydrogens (tertiary/aromatic N) is 2. The monoisotopic (exact) mass is 248 g/mol. The van der Waals surface area contributed by atoms with Gasteiger partial charge in [0.05, 0.1) is 0 Å². The van der Waals surface area contributed by atoms with Gasteiger partial charge in [0, 0.05) is 17.1 Å². The predicted molar refractivity (Wildman–Crippen MR) is 69.9 cm³/mol. The third-order valence-electron chi connectivity index (χ3n) is 2.42. The Bertz CT molecular complexity index is 498. The lowest BCUT2D eigenvalue weighted by Crippen LogP contribution is -2.08. The molecule has 0 saturated heterocycles. The molecular formula is C12H13ClN4. The number of hydrogen-bond donors (Lipinski definition) is 2. The number of anilines is 2. The van der Waals surface area contributed by atoms with E-state index in [2.05, 4.69) is 15.3 Å². The Morgan fingerprint density at radius 2 is 1.94 bits per heavy atom. The topological polar surface area (TPSA) is 63.8 Å². The van der Waals surface area contributed by atoms with Gasteiger partial charge in [0.2, 0.25) is 0 Å². The van der Waals surface area contributed by atoms with E-state index in [9.17, 15) is 0 Å². The zero-order valence-electron chi connectivity index (χ0n) is 9.39. The van der Waals surface area contributed by atoms with Crippen LogP contribution >= 0.6 is 11.6 Å². The molecule has 0 saturated carbocycles. The molecule has 0 fully saturated rings. The third kappa shape index (κ3) is 3.07. The zero-order chi connectivity index (χ0) is 12.3. The normalized spacial score (nSPS) is 12.1. The van der Waals surface area contributed by atoms with Gasteiger partial charge in [-0.05, 0) is 24.6 Å². The van der Waals surface area contributed by atoms with Crippen molar-refractivity contribution >= 4 is 23.2 Å². The molecule has 1 heterocycles. The third-order valence-corrected chi connectivity index (χ3v) is 2.67. The fourth-order valence-electron chi connectivity index (χ4n) is 1.51. The smallest absolute Gasteiger partial charge is 0.131 e. The SMILES string of the molecule is CC(Nc1cc(N)ncn1)c1ccc(Cl)cc1. The largest absolute Gasteiger partial charge is 0.384 e. The van der Waals surface area contributed by atoms with Gasteiger partial charge in [0.25, 0.3) is 0 Å². The lowest BCUT2D eigenvalue weighted by atomic mass is 10.1. The summed E-state index contributed by atoms with van der Waals surface area (Å²) in [5, 5.41) is 3.97. The van der Waals surface area contributed by atoms with Gasteiger partial charge in [-0.15, -0.1) is 0 Å². The molecule has 1 aromatic carbocycles. The van der Waals surface area contributed by atoms with E-state index >= 15 is 0 Å². The standard InChI is InChI=1S/C12H13ClN4/c1-8(9-2-4-10(13)5-3-9)17-12-6-11(14)15-7-16-12/h2-8H,1H3,(H3,14,15,16,17). The Hall–Kier alpha value is -1.81. The minimum atomic E-state index is 0.126. The first-order valence-electron chi connectivity index (χ1n) is 5.24. The average molecular weight is 249 g/mol. The maximum atomic E-state index is 5.84. The highest BCUT2D eigenvalue weighted by Gasteiger charge is 2.06. The number of halogens is 1. The van der Waals surface area contributed by atoms with Crippen molar-refractivity contribution in [1.82, 2.24) is 9.97 Å². The van der Waals surface area contributed by atoms with Crippen LogP contribution in [0.2, 0.25) is 5.02 Å². The Kier molecular flexibility index (Phi) is 3.44. The number of aromatic nitrogens is 2. The minimum Gasteiger partial charge on any atom is -0.384 e. The van der Waals surface area contributed by atoms with Crippen LogP contribution in [0.1, 0.15) is 18.5 Å². The van der Waals surface area contributed by atoms with Crippen LogP contribution in [0.25, 0.3) is 0 Å². The summed E-state index contributed by atoms with van der Waals surface area (Å²) in [7, 11) is 0. The van der Waals surface area contributed by atoms with Crippen LogP contribution in [0, 0.1) is 0 Å². The van der Waals surface area contributed by atoms with Gasteiger partial charge in [-0.25, -0.2) is 9.97 Å². The first-order valence-corrected chi connectivity index (χ1v) is 5.62. The number of rotatable bonds is 3. The molecule has 1 aromatic heterocycles. The maximum absolute atomic E-state index is 5.84. The summed E-state index contributed by atoms with van der Waals surface area (Å²) in [6, 6.07) is 9.51. The van der Waals surface area contributed by atoms with Crippen LogP contribution in [0.15, 0.2) is 36.7 Å². The molecular weight excluding hydrogens is 236 g/mol. The Morgan fingerprint density at radius 1 is 1.24 bits per heavy atom. The Morgan fingerprint density at radius 3 is 2.59 bits per heavy atom. The zero-order valence-corrected chi connectivity index (χ0v) is 10.1. The highest BCUT2D eigenvalue weighted by molar-refractivity contribution is 6.30. The van der Waals surface area contributed by atoms with Crippen molar-refractivity contribution < 1.29 is 0 Å². The van der Waals surface area contributed by atoms with E-state index in [1.165, 1.54) is 6.33 Å². The van der Waals surface area contributed by atoms with E-state index in [1.54, 1.807) is 6.07 Å². The highest BCUT2D eigenvalue weighted by atomic mass is 35.5. The fraction of sp³-hybridized carbons (Fsp3) is 0.167. The van der Waals surface area contributed by atoms with E-state index in [0.717, 1.165) is 10.6 Å². The van der Waals surface area contributed by atoms with Gasteiger partial charge in [0.15, 0.2) is 0 Å². The van der Waals surface area contributed by atoms with Gasteiger partial charge in [-0.2, -0.15) is 0 Å². The number of benzene rings is 1. The second kappa shape index (κ2) is 5.01. The van der Waals surface area contributed by atoms with Gasteiger partial charge in [-0.3, -0.25) is 0 Å². The molecule has 3 N–H and O–H groups in total. The van der Waals surface area contributed by atoms with Crippen molar-refractivity contribution in [2.45, 2.75) is 13.0 Å². The molecule has 1 unspecified atom stereocenters. The quantitative estimate of drug-likeness (QED) is 0.877. The second-order valence-electron chi connectivity index (χ2n) is 3.75. The van der Waals surface area contributed by atoms with E-state index in [1.807, 2.05) is 31.2 Å². The molecule has 88 valence electrons. The molecule has 0 aliphatic rings. The molecule has 0 spiro atoms. The summed E-state index contributed by atoms with van der Waals surface area (Å²) >= 11 is 5.84.